The zero-order valence-corrected chi connectivity index (χ0v) is 26.6. The zero-order chi connectivity index (χ0) is 32.3. The Morgan fingerprint density at radius 1 is 1.16 bits per heavy atom. The molecule has 2 aromatic carbocycles. The lowest BCUT2D eigenvalue weighted by Crippen LogP contribution is -2.39. The zero-order valence-electron chi connectivity index (χ0n) is 25.0. The van der Waals surface area contributed by atoms with Gasteiger partial charge in [0.2, 0.25) is 17.7 Å². The Hall–Kier alpha value is -3.65. The monoisotopic (exact) mass is 693 g/mol. The Kier molecular flexibility index (Phi) is 10.0. The highest BCUT2D eigenvalue weighted by Gasteiger charge is 2.37. The van der Waals surface area contributed by atoms with E-state index < -0.39 is 17.7 Å². The number of ether oxygens (including phenoxy) is 2. The smallest absolute Gasteiger partial charge is 0.421 e. The van der Waals surface area contributed by atoms with Crippen LogP contribution in [0.2, 0.25) is 0 Å². The molecular weight excluding hydrogens is 659 g/mol. The van der Waals surface area contributed by atoms with Crippen molar-refractivity contribution >= 4 is 50.2 Å². The Bertz CT molecular complexity index is 1590. The van der Waals surface area contributed by atoms with Crippen LogP contribution in [0.1, 0.15) is 55.7 Å². The van der Waals surface area contributed by atoms with Crippen molar-refractivity contribution in [1.82, 2.24) is 20.0 Å². The first-order valence-corrected chi connectivity index (χ1v) is 15.6. The highest BCUT2D eigenvalue weighted by Crippen LogP contribution is 2.41. The lowest BCUT2D eigenvalue weighted by atomic mass is 9.92. The number of halogens is 4. The second-order valence-corrected chi connectivity index (χ2v) is 12.3. The molecule has 2 saturated heterocycles. The summed E-state index contributed by atoms with van der Waals surface area (Å²) in [5.41, 5.74) is 0.880. The molecule has 14 heteroatoms. The van der Waals surface area contributed by atoms with E-state index in [1.54, 1.807) is 23.9 Å². The molecule has 45 heavy (non-hydrogen) atoms. The number of amides is 3. The average Bonchev–Trinajstić information content (AvgIpc) is 3.31. The Morgan fingerprint density at radius 2 is 1.91 bits per heavy atom. The van der Waals surface area contributed by atoms with Crippen LogP contribution in [-0.2, 0) is 27.6 Å². The number of piperidine rings is 2. The molecule has 2 aliphatic heterocycles. The molecule has 10 nitrogen and oxygen atoms in total. The molecule has 2 N–H and O–H groups in total. The quantitative estimate of drug-likeness (QED) is 0.216. The predicted octanol–water partition coefficient (Wildman–Crippen LogP) is 5.39. The Morgan fingerprint density at radius 3 is 2.60 bits per heavy atom. The summed E-state index contributed by atoms with van der Waals surface area (Å²) in [7, 11) is 3.25. The fourth-order valence-electron chi connectivity index (χ4n) is 6.16. The van der Waals surface area contributed by atoms with Crippen molar-refractivity contribution in [3.8, 4) is 11.5 Å². The van der Waals surface area contributed by atoms with Crippen molar-refractivity contribution in [2.75, 3.05) is 38.7 Å². The summed E-state index contributed by atoms with van der Waals surface area (Å²) in [6.45, 7) is 1.86. The van der Waals surface area contributed by atoms with Gasteiger partial charge in [-0.2, -0.15) is 18.3 Å². The number of carbonyl (C=O) groups is 3. The van der Waals surface area contributed by atoms with Crippen molar-refractivity contribution in [1.29, 1.82) is 0 Å². The van der Waals surface area contributed by atoms with Gasteiger partial charge in [0.1, 0.15) is 16.8 Å². The summed E-state index contributed by atoms with van der Waals surface area (Å²) < 4.78 is 52.9. The van der Waals surface area contributed by atoms with Gasteiger partial charge in [-0.1, -0.05) is 22.0 Å². The third kappa shape index (κ3) is 7.43. The highest BCUT2D eigenvalue weighted by molar-refractivity contribution is 9.10. The number of rotatable bonds is 10. The first-order valence-electron chi connectivity index (χ1n) is 14.8. The minimum Gasteiger partial charge on any atom is -0.493 e. The number of anilines is 1. The number of fused-ring (bicyclic) bond motifs is 1. The van der Waals surface area contributed by atoms with Crippen LogP contribution in [0.25, 0.3) is 10.9 Å². The first-order chi connectivity index (χ1) is 21.5. The summed E-state index contributed by atoms with van der Waals surface area (Å²) in [6, 6.07) is 7.74. The van der Waals surface area contributed by atoms with E-state index in [9.17, 15) is 27.6 Å². The van der Waals surface area contributed by atoms with E-state index in [1.165, 1.54) is 25.3 Å². The number of imide groups is 1. The highest BCUT2D eigenvalue weighted by atomic mass is 79.9. The summed E-state index contributed by atoms with van der Waals surface area (Å²) >= 11 is 2.97. The normalized spacial score (nSPS) is 18.2. The molecule has 5 rings (SSSR count). The van der Waals surface area contributed by atoms with Crippen LogP contribution in [0.5, 0.6) is 11.5 Å². The lowest BCUT2D eigenvalue weighted by Gasteiger charge is -2.31. The maximum Gasteiger partial charge on any atom is 0.421 e. The summed E-state index contributed by atoms with van der Waals surface area (Å²) in [6.07, 6.45) is -0.668. The number of hydrogen-bond donors (Lipinski definition) is 2. The van der Waals surface area contributed by atoms with Crippen molar-refractivity contribution in [2.24, 2.45) is 13.0 Å². The number of hydrogen-bond acceptors (Lipinski definition) is 7. The Labute approximate surface area is 266 Å². The molecule has 3 heterocycles. The topological polar surface area (TPSA) is 115 Å². The van der Waals surface area contributed by atoms with Crippen LogP contribution in [0.4, 0.5) is 18.9 Å². The molecule has 242 valence electrons. The Balaban J connectivity index is 1.12. The van der Waals surface area contributed by atoms with E-state index in [0.29, 0.717) is 46.8 Å². The van der Waals surface area contributed by atoms with Crippen molar-refractivity contribution < 1.29 is 37.0 Å². The van der Waals surface area contributed by atoms with Crippen molar-refractivity contribution in [3.63, 3.8) is 0 Å². The molecule has 1 atom stereocenters. The third-order valence-electron chi connectivity index (χ3n) is 8.38. The number of likely N-dealkylation sites (tertiary alicyclic amines) is 1. The van der Waals surface area contributed by atoms with E-state index in [-0.39, 0.29) is 47.5 Å². The number of alkyl halides is 3. The van der Waals surface area contributed by atoms with Crippen LogP contribution < -0.4 is 20.1 Å². The number of nitrogens with one attached hydrogen (secondary N) is 2. The molecule has 1 aromatic heterocycles. The van der Waals surface area contributed by atoms with E-state index in [1.807, 2.05) is 0 Å². The molecule has 3 amide bonds. The van der Waals surface area contributed by atoms with E-state index in [0.717, 1.165) is 32.4 Å². The molecule has 1 unspecified atom stereocenters. The predicted molar refractivity (Wildman–Crippen MR) is 164 cm³/mol. The minimum atomic E-state index is -4.51. The molecule has 3 aromatic rings. The standard InChI is InChI=1S/C31H35BrF3N5O5/c1-39-28-19(27(38-39)20-9-11-24(41)37-30(20)43)8-10-22(29(28)44-2)36-25(42)17-40-14-12-18(13-15-40)5-4-16-45-23-7-3-6-21(32)26(23)31(33,34)35/h3,6-8,10,18,20H,4-5,9,11-17H2,1-2H3,(H,36,42)(H,37,41,43). The maximum atomic E-state index is 13.4. The maximum absolute atomic E-state index is 13.4. The van der Waals surface area contributed by atoms with Gasteiger partial charge in [-0.25, -0.2) is 0 Å². The van der Waals surface area contributed by atoms with E-state index >= 15 is 0 Å². The van der Waals surface area contributed by atoms with Crippen LogP contribution in [0.3, 0.4) is 0 Å². The molecule has 2 fully saturated rings. The van der Waals surface area contributed by atoms with Crippen LogP contribution in [-0.4, -0.2) is 65.8 Å². The van der Waals surface area contributed by atoms with Gasteiger partial charge in [0, 0.05) is 23.3 Å². The van der Waals surface area contributed by atoms with Gasteiger partial charge >= 0.3 is 6.18 Å². The third-order valence-corrected chi connectivity index (χ3v) is 9.04. The van der Waals surface area contributed by atoms with Crippen LogP contribution in [0, 0.1) is 5.92 Å². The molecule has 0 saturated carbocycles. The van der Waals surface area contributed by atoms with Gasteiger partial charge in [-0.05, 0) is 75.4 Å². The lowest BCUT2D eigenvalue weighted by molar-refractivity contribution is -0.139. The van der Waals surface area contributed by atoms with Gasteiger partial charge in [0.05, 0.1) is 37.6 Å². The van der Waals surface area contributed by atoms with E-state index in [4.69, 9.17) is 9.47 Å². The van der Waals surface area contributed by atoms with Crippen molar-refractivity contribution in [3.05, 3.63) is 46.1 Å². The molecule has 0 aliphatic carbocycles. The average molecular weight is 695 g/mol. The second-order valence-electron chi connectivity index (χ2n) is 11.4. The molecule has 2 aliphatic rings. The van der Waals surface area contributed by atoms with Crippen molar-refractivity contribution in [2.45, 2.75) is 50.6 Å². The number of carbonyl (C=O) groups excluding carboxylic acids is 3. The number of benzene rings is 2. The van der Waals surface area contributed by atoms with Gasteiger partial charge in [0.15, 0.2) is 5.75 Å². The van der Waals surface area contributed by atoms with Gasteiger partial charge in [0.25, 0.3) is 0 Å². The molecule has 0 bridgehead atoms. The van der Waals surface area contributed by atoms with Crippen LogP contribution >= 0.6 is 15.9 Å². The summed E-state index contributed by atoms with van der Waals surface area (Å²) in [5, 5.41) is 10.6. The number of aryl methyl sites for hydroxylation is 1. The minimum absolute atomic E-state index is 0.0428. The second kappa shape index (κ2) is 13.8. The number of methoxy groups -OCH3 is 1. The summed E-state index contributed by atoms with van der Waals surface area (Å²) in [5.74, 6) is -0.756. The number of nitrogens with zero attached hydrogens (tertiary/aromatic N) is 3. The molecule has 0 spiro atoms. The SMILES string of the molecule is COc1c(NC(=O)CN2CCC(CCCOc3cccc(Br)c3C(F)(F)F)CC2)ccc2c(C3CCC(=O)NC3=O)nn(C)c12. The van der Waals surface area contributed by atoms with Gasteiger partial charge in [-0.15, -0.1) is 0 Å². The van der Waals surface area contributed by atoms with E-state index in [2.05, 4.69) is 36.6 Å². The van der Waals surface area contributed by atoms with Crippen LogP contribution in [0.15, 0.2) is 34.8 Å². The first kappa shape index (κ1) is 32.7. The fourth-order valence-corrected chi connectivity index (χ4v) is 6.73. The largest absolute Gasteiger partial charge is 0.493 e. The number of aromatic nitrogens is 2. The molecule has 0 radical (unpaired) electrons. The van der Waals surface area contributed by atoms with Gasteiger partial charge < -0.3 is 14.8 Å². The fraction of sp³-hybridized carbons (Fsp3) is 0.484. The summed E-state index contributed by atoms with van der Waals surface area (Å²) in [4.78, 5) is 39.2. The molecular formula is C31H35BrF3N5O5. The van der Waals surface area contributed by atoms with Gasteiger partial charge in [-0.3, -0.25) is 29.3 Å².